The maximum Gasteiger partial charge on any atom is 0.326 e. The molecule has 1 amide bonds. The van der Waals surface area contributed by atoms with Gasteiger partial charge >= 0.3 is 5.97 Å². The van der Waals surface area contributed by atoms with Crippen molar-refractivity contribution in [1.82, 2.24) is 4.98 Å². The number of anilines is 1. The van der Waals surface area contributed by atoms with E-state index in [1.165, 1.54) is 12.3 Å². The molecule has 0 radical (unpaired) electrons. The van der Waals surface area contributed by atoms with Gasteiger partial charge in [0.1, 0.15) is 23.5 Å². The van der Waals surface area contributed by atoms with Crippen molar-refractivity contribution in [3.05, 3.63) is 36.0 Å². The van der Waals surface area contributed by atoms with Gasteiger partial charge in [0.2, 0.25) is 5.91 Å². The van der Waals surface area contributed by atoms with E-state index in [2.05, 4.69) is 10.3 Å². The number of fused-ring (bicyclic) bond motifs is 1. The van der Waals surface area contributed by atoms with Gasteiger partial charge in [0.25, 0.3) is 0 Å². The van der Waals surface area contributed by atoms with Gasteiger partial charge in [-0.2, -0.15) is 0 Å². The van der Waals surface area contributed by atoms with Crippen molar-refractivity contribution in [2.45, 2.75) is 12.5 Å². The zero-order chi connectivity index (χ0) is 15.6. The molecule has 0 spiro atoms. The molecule has 0 saturated carbocycles. The Morgan fingerprint density at radius 2 is 2.10 bits per heavy atom. The smallest absolute Gasteiger partial charge is 0.326 e. The van der Waals surface area contributed by atoms with Crippen molar-refractivity contribution in [1.29, 1.82) is 0 Å². The Bertz CT molecular complexity index is 721. The summed E-state index contributed by atoms with van der Waals surface area (Å²) < 4.78 is 27.0. The van der Waals surface area contributed by atoms with Gasteiger partial charge in [0.05, 0.1) is 11.8 Å². The minimum Gasteiger partial charge on any atom is -0.480 e. The SMILES string of the molecule is NC(=O)CC(Nc1nccc2cc(F)cc(F)c12)C(=O)O. The van der Waals surface area contributed by atoms with Crippen molar-refractivity contribution in [2.75, 3.05) is 5.32 Å². The fourth-order valence-electron chi connectivity index (χ4n) is 1.91. The third-order valence-electron chi connectivity index (χ3n) is 2.79. The lowest BCUT2D eigenvalue weighted by molar-refractivity contribution is -0.139. The summed E-state index contributed by atoms with van der Waals surface area (Å²) in [5.74, 6) is -3.91. The summed E-state index contributed by atoms with van der Waals surface area (Å²) in [6.45, 7) is 0. The summed E-state index contributed by atoms with van der Waals surface area (Å²) in [5.41, 5.74) is 4.96. The summed E-state index contributed by atoms with van der Waals surface area (Å²) in [6, 6.07) is 1.79. The van der Waals surface area contributed by atoms with Crippen LogP contribution in [-0.4, -0.2) is 28.0 Å². The highest BCUT2D eigenvalue weighted by Crippen LogP contribution is 2.26. The van der Waals surface area contributed by atoms with Crippen LogP contribution in [0.25, 0.3) is 10.8 Å². The predicted octanol–water partition coefficient (Wildman–Crippen LogP) is 1.25. The van der Waals surface area contributed by atoms with Gasteiger partial charge in [-0.3, -0.25) is 4.79 Å². The molecule has 6 nitrogen and oxygen atoms in total. The second kappa shape index (κ2) is 5.70. The molecular weight excluding hydrogens is 284 g/mol. The number of aromatic nitrogens is 1. The van der Waals surface area contributed by atoms with E-state index in [-0.39, 0.29) is 16.6 Å². The Kier molecular flexibility index (Phi) is 3.97. The van der Waals surface area contributed by atoms with Crippen molar-refractivity contribution in [3.8, 4) is 0 Å². The van der Waals surface area contributed by atoms with Crippen molar-refractivity contribution in [2.24, 2.45) is 5.73 Å². The molecular formula is C13H11F2N3O3. The number of carboxylic acids is 1. The maximum absolute atomic E-state index is 13.9. The number of pyridine rings is 1. The monoisotopic (exact) mass is 295 g/mol. The van der Waals surface area contributed by atoms with E-state index in [0.29, 0.717) is 6.07 Å². The van der Waals surface area contributed by atoms with E-state index >= 15 is 0 Å². The van der Waals surface area contributed by atoms with Gasteiger partial charge in [0.15, 0.2) is 0 Å². The Morgan fingerprint density at radius 1 is 1.38 bits per heavy atom. The number of hydrogen-bond acceptors (Lipinski definition) is 4. The first-order chi connectivity index (χ1) is 9.88. The normalized spacial score (nSPS) is 12.1. The summed E-state index contributed by atoms with van der Waals surface area (Å²) >= 11 is 0. The van der Waals surface area contributed by atoms with E-state index in [9.17, 15) is 18.4 Å². The number of aliphatic carboxylic acids is 1. The number of halogens is 2. The Balaban J connectivity index is 2.46. The molecule has 2 aromatic rings. The second-order valence-electron chi connectivity index (χ2n) is 4.35. The van der Waals surface area contributed by atoms with Crippen LogP contribution in [0.5, 0.6) is 0 Å². The quantitative estimate of drug-likeness (QED) is 0.770. The Labute approximate surface area is 117 Å². The number of rotatable bonds is 5. The van der Waals surface area contributed by atoms with Gasteiger partial charge in [-0.15, -0.1) is 0 Å². The average Bonchev–Trinajstić information content (AvgIpc) is 2.36. The standard InChI is InChI=1S/C13H11F2N3O3/c14-7-3-6-1-2-17-12(11(6)8(15)4-7)18-9(13(20)21)5-10(16)19/h1-4,9H,5H2,(H2,16,19)(H,17,18)(H,20,21). The van der Waals surface area contributed by atoms with Crippen LogP contribution in [-0.2, 0) is 9.59 Å². The van der Waals surface area contributed by atoms with Gasteiger partial charge < -0.3 is 16.2 Å². The van der Waals surface area contributed by atoms with Crippen LogP contribution < -0.4 is 11.1 Å². The number of nitrogens with two attached hydrogens (primary N) is 1. The van der Waals surface area contributed by atoms with Crippen molar-refractivity contribution in [3.63, 3.8) is 0 Å². The molecule has 0 bridgehead atoms. The number of hydrogen-bond donors (Lipinski definition) is 3. The molecule has 8 heteroatoms. The van der Waals surface area contributed by atoms with E-state index in [1.807, 2.05) is 0 Å². The highest BCUT2D eigenvalue weighted by molar-refractivity contribution is 5.94. The van der Waals surface area contributed by atoms with Gasteiger partial charge in [-0.25, -0.2) is 18.6 Å². The van der Waals surface area contributed by atoms with Crippen LogP contribution in [0.2, 0.25) is 0 Å². The van der Waals surface area contributed by atoms with E-state index in [0.717, 1.165) is 6.07 Å². The number of amides is 1. The molecule has 4 N–H and O–H groups in total. The summed E-state index contributed by atoms with van der Waals surface area (Å²) in [6.07, 6.45) is 0.781. The first kappa shape index (κ1) is 14.6. The highest BCUT2D eigenvalue weighted by atomic mass is 19.1. The van der Waals surface area contributed by atoms with Gasteiger partial charge in [-0.05, 0) is 17.5 Å². The number of benzene rings is 1. The van der Waals surface area contributed by atoms with Gasteiger partial charge in [0, 0.05) is 12.3 Å². The molecule has 1 aromatic heterocycles. The highest BCUT2D eigenvalue weighted by Gasteiger charge is 2.22. The fraction of sp³-hybridized carbons (Fsp3) is 0.154. The molecule has 0 aliphatic carbocycles. The molecule has 1 atom stereocenters. The molecule has 0 fully saturated rings. The number of nitrogens with one attached hydrogen (secondary N) is 1. The molecule has 0 aliphatic heterocycles. The molecule has 1 unspecified atom stereocenters. The number of carbonyl (C=O) groups is 2. The molecule has 1 heterocycles. The molecule has 0 saturated heterocycles. The number of nitrogens with zero attached hydrogens (tertiary/aromatic N) is 1. The first-order valence-electron chi connectivity index (χ1n) is 5.90. The molecule has 110 valence electrons. The minimum atomic E-state index is -1.36. The van der Waals surface area contributed by atoms with Gasteiger partial charge in [-0.1, -0.05) is 0 Å². The van der Waals surface area contributed by atoms with E-state index in [4.69, 9.17) is 10.8 Å². The molecule has 2 rings (SSSR count). The molecule has 0 aliphatic rings. The predicted molar refractivity (Wildman–Crippen MR) is 70.5 cm³/mol. The summed E-state index contributed by atoms with van der Waals surface area (Å²) in [4.78, 5) is 25.8. The van der Waals surface area contributed by atoms with Crippen molar-refractivity contribution >= 4 is 28.5 Å². The zero-order valence-corrected chi connectivity index (χ0v) is 10.6. The third-order valence-corrected chi connectivity index (χ3v) is 2.79. The number of primary amides is 1. The zero-order valence-electron chi connectivity index (χ0n) is 10.6. The molecule has 1 aromatic carbocycles. The number of carboxylic acid groups (broad SMARTS) is 1. The maximum atomic E-state index is 13.9. The minimum absolute atomic E-state index is 0.0605. The number of carbonyl (C=O) groups excluding carboxylic acids is 1. The fourth-order valence-corrected chi connectivity index (χ4v) is 1.91. The summed E-state index contributed by atoms with van der Waals surface area (Å²) in [5, 5.41) is 11.6. The largest absolute Gasteiger partial charge is 0.480 e. The lowest BCUT2D eigenvalue weighted by atomic mass is 10.1. The first-order valence-corrected chi connectivity index (χ1v) is 5.90. The van der Waals surface area contributed by atoms with Crippen LogP contribution in [0.1, 0.15) is 6.42 Å². The second-order valence-corrected chi connectivity index (χ2v) is 4.35. The van der Waals surface area contributed by atoms with Crippen LogP contribution in [0.4, 0.5) is 14.6 Å². The van der Waals surface area contributed by atoms with E-state index in [1.54, 1.807) is 0 Å². The lowest BCUT2D eigenvalue weighted by Crippen LogP contribution is -2.34. The van der Waals surface area contributed by atoms with Crippen LogP contribution in [0.3, 0.4) is 0 Å². The van der Waals surface area contributed by atoms with Crippen LogP contribution in [0.15, 0.2) is 24.4 Å². The third kappa shape index (κ3) is 3.22. The lowest BCUT2D eigenvalue weighted by Gasteiger charge is -2.15. The van der Waals surface area contributed by atoms with E-state index < -0.39 is 36.0 Å². The molecule has 21 heavy (non-hydrogen) atoms. The Morgan fingerprint density at radius 3 is 2.71 bits per heavy atom. The topological polar surface area (TPSA) is 105 Å². The van der Waals surface area contributed by atoms with Crippen LogP contribution in [0, 0.1) is 11.6 Å². The average molecular weight is 295 g/mol. The van der Waals surface area contributed by atoms with Crippen molar-refractivity contribution < 1.29 is 23.5 Å². The summed E-state index contributed by atoms with van der Waals surface area (Å²) in [7, 11) is 0. The van der Waals surface area contributed by atoms with Crippen LogP contribution >= 0.6 is 0 Å². The Hall–Kier alpha value is -2.77.